The third kappa shape index (κ3) is 3.48. The lowest BCUT2D eigenvalue weighted by Gasteiger charge is -2.22. The monoisotopic (exact) mass is 498 g/mol. The van der Waals surface area contributed by atoms with Crippen molar-refractivity contribution < 1.29 is 4.79 Å². The Morgan fingerprint density at radius 3 is 2.62 bits per heavy atom. The molecule has 1 unspecified atom stereocenters. The SMILES string of the molecule is CNC(=O)N1N=C(c2ccc(Cl)cc2)c2c(cc(Br)c(N)c2Br)CC1C. The van der Waals surface area contributed by atoms with Crippen LogP contribution in [0.4, 0.5) is 10.5 Å². The topological polar surface area (TPSA) is 70.7 Å². The molecule has 2 amide bonds. The maximum Gasteiger partial charge on any atom is 0.337 e. The zero-order valence-corrected chi connectivity index (χ0v) is 18.1. The second kappa shape index (κ2) is 7.58. The average Bonchev–Trinajstić information content (AvgIpc) is 2.76. The molecular formula is C18H17Br2ClN4O. The van der Waals surface area contributed by atoms with E-state index in [0.29, 0.717) is 22.8 Å². The number of carbonyl (C=O) groups is 1. The first-order valence-corrected chi connectivity index (χ1v) is 9.92. The van der Waals surface area contributed by atoms with Crippen LogP contribution in [0, 0.1) is 0 Å². The number of nitrogen functional groups attached to an aromatic ring is 1. The Morgan fingerprint density at radius 1 is 1.35 bits per heavy atom. The predicted molar refractivity (Wildman–Crippen MR) is 113 cm³/mol. The molecule has 136 valence electrons. The average molecular weight is 501 g/mol. The number of carbonyl (C=O) groups excluding carboxylic acids is 1. The van der Waals surface area contributed by atoms with Gasteiger partial charge in [0.15, 0.2) is 0 Å². The maximum absolute atomic E-state index is 12.4. The number of hydrogen-bond acceptors (Lipinski definition) is 3. The van der Waals surface area contributed by atoms with Gasteiger partial charge < -0.3 is 11.1 Å². The molecule has 3 N–H and O–H groups in total. The molecule has 1 aliphatic heterocycles. The quantitative estimate of drug-likeness (QED) is 0.553. The number of halogens is 3. The maximum atomic E-state index is 12.4. The van der Waals surface area contributed by atoms with E-state index in [1.807, 2.05) is 25.1 Å². The molecule has 0 bridgehead atoms. The van der Waals surface area contributed by atoms with E-state index in [1.54, 1.807) is 19.2 Å². The molecule has 0 saturated carbocycles. The summed E-state index contributed by atoms with van der Waals surface area (Å²) in [6.07, 6.45) is 0.640. The summed E-state index contributed by atoms with van der Waals surface area (Å²) < 4.78 is 1.56. The van der Waals surface area contributed by atoms with Crippen LogP contribution in [0.15, 0.2) is 44.4 Å². The Balaban J connectivity index is 2.29. The molecule has 0 saturated heterocycles. The molecule has 2 aromatic rings. The van der Waals surface area contributed by atoms with Crippen LogP contribution < -0.4 is 11.1 Å². The molecule has 0 fully saturated rings. The van der Waals surface area contributed by atoms with Gasteiger partial charge in [0, 0.05) is 27.7 Å². The number of nitrogens with two attached hydrogens (primary N) is 1. The van der Waals surface area contributed by atoms with E-state index in [1.165, 1.54) is 5.01 Å². The van der Waals surface area contributed by atoms with Gasteiger partial charge in [-0.3, -0.25) is 0 Å². The van der Waals surface area contributed by atoms with E-state index in [9.17, 15) is 4.79 Å². The Kier molecular flexibility index (Phi) is 5.60. The minimum Gasteiger partial charge on any atom is -0.397 e. The minimum atomic E-state index is -0.264. The van der Waals surface area contributed by atoms with Gasteiger partial charge >= 0.3 is 6.03 Å². The molecule has 5 nitrogen and oxygen atoms in total. The Bertz CT molecular complexity index is 899. The van der Waals surface area contributed by atoms with Crippen LogP contribution in [-0.2, 0) is 6.42 Å². The van der Waals surface area contributed by atoms with Crippen molar-refractivity contribution in [3.05, 3.63) is 61.0 Å². The Labute approximate surface area is 173 Å². The summed E-state index contributed by atoms with van der Waals surface area (Å²) in [6.45, 7) is 1.96. The molecular weight excluding hydrogens is 483 g/mol. The van der Waals surface area contributed by atoms with Crippen molar-refractivity contribution in [2.24, 2.45) is 5.10 Å². The molecule has 2 aromatic carbocycles. The first-order valence-electron chi connectivity index (χ1n) is 7.95. The molecule has 1 aliphatic rings. The van der Waals surface area contributed by atoms with Gasteiger partial charge in [0.05, 0.1) is 21.9 Å². The Hall–Kier alpha value is -1.57. The van der Waals surface area contributed by atoms with Gasteiger partial charge in [0.1, 0.15) is 0 Å². The number of rotatable bonds is 1. The smallest absolute Gasteiger partial charge is 0.337 e. The van der Waals surface area contributed by atoms with E-state index in [2.05, 4.69) is 37.2 Å². The molecule has 26 heavy (non-hydrogen) atoms. The van der Waals surface area contributed by atoms with Gasteiger partial charge in [-0.1, -0.05) is 23.7 Å². The molecule has 1 heterocycles. The highest BCUT2D eigenvalue weighted by Crippen LogP contribution is 2.38. The molecule has 0 aromatic heterocycles. The third-order valence-electron chi connectivity index (χ3n) is 4.25. The van der Waals surface area contributed by atoms with E-state index in [4.69, 9.17) is 22.4 Å². The van der Waals surface area contributed by atoms with Crippen molar-refractivity contribution in [3.8, 4) is 0 Å². The number of hydrogen-bond donors (Lipinski definition) is 2. The summed E-state index contributed by atoms with van der Waals surface area (Å²) in [4.78, 5) is 12.4. The summed E-state index contributed by atoms with van der Waals surface area (Å²) in [5.41, 5.74) is 10.2. The number of nitrogens with one attached hydrogen (secondary N) is 1. The highest BCUT2D eigenvalue weighted by molar-refractivity contribution is 9.11. The van der Waals surface area contributed by atoms with Crippen molar-refractivity contribution >= 4 is 60.9 Å². The number of benzene rings is 2. The lowest BCUT2D eigenvalue weighted by atomic mass is 9.94. The number of nitrogens with zero attached hydrogens (tertiary/aromatic N) is 2. The second-order valence-corrected chi connectivity index (χ2v) is 8.11. The van der Waals surface area contributed by atoms with Crippen molar-refractivity contribution in [1.82, 2.24) is 10.3 Å². The number of hydrazone groups is 1. The van der Waals surface area contributed by atoms with Crippen LogP contribution in [0.5, 0.6) is 0 Å². The Morgan fingerprint density at radius 2 is 2.00 bits per heavy atom. The molecule has 3 rings (SSSR count). The van der Waals surface area contributed by atoms with E-state index < -0.39 is 0 Å². The van der Waals surface area contributed by atoms with E-state index in [0.717, 1.165) is 25.6 Å². The first kappa shape index (κ1) is 19.2. The zero-order valence-electron chi connectivity index (χ0n) is 14.2. The van der Waals surface area contributed by atoms with E-state index in [-0.39, 0.29) is 12.1 Å². The van der Waals surface area contributed by atoms with Gasteiger partial charge in [0.2, 0.25) is 0 Å². The highest BCUT2D eigenvalue weighted by Gasteiger charge is 2.29. The van der Waals surface area contributed by atoms with Gasteiger partial charge in [-0.05, 0) is 69.0 Å². The lowest BCUT2D eigenvalue weighted by Crippen LogP contribution is -2.41. The van der Waals surface area contributed by atoms with Crippen molar-refractivity contribution in [2.75, 3.05) is 12.8 Å². The minimum absolute atomic E-state index is 0.124. The lowest BCUT2D eigenvalue weighted by molar-refractivity contribution is 0.184. The van der Waals surface area contributed by atoms with Crippen LogP contribution >= 0.6 is 43.5 Å². The fourth-order valence-corrected chi connectivity index (χ4v) is 4.45. The third-order valence-corrected chi connectivity index (χ3v) is 5.98. The fraction of sp³-hybridized carbons (Fsp3) is 0.222. The van der Waals surface area contributed by atoms with E-state index >= 15 is 0 Å². The number of fused-ring (bicyclic) bond motifs is 1. The number of amides is 2. The molecule has 1 atom stereocenters. The zero-order chi connectivity index (χ0) is 19.0. The normalized spacial score (nSPS) is 16.6. The number of urea groups is 1. The summed E-state index contributed by atoms with van der Waals surface area (Å²) in [5, 5.41) is 9.45. The van der Waals surface area contributed by atoms with Crippen molar-refractivity contribution in [1.29, 1.82) is 0 Å². The molecule has 0 radical (unpaired) electrons. The predicted octanol–water partition coefficient (Wildman–Crippen LogP) is 4.79. The van der Waals surface area contributed by atoms with Crippen LogP contribution in [-0.4, -0.2) is 29.8 Å². The molecule has 0 aliphatic carbocycles. The standard InChI is InChI=1S/C18H17Br2ClN4O/c1-9-7-11-8-13(19)16(22)15(20)14(11)17(24-25(9)18(26)23-2)10-3-5-12(21)6-4-10/h3-6,8-9H,7,22H2,1-2H3,(H,23,26). The first-order chi connectivity index (χ1) is 12.3. The van der Waals surface area contributed by atoms with Crippen LogP contribution in [0.2, 0.25) is 5.02 Å². The van der Waals surface area contributed by atoms with Gasteiger partial charge in [-0.2, -0.15) is 5.10 Å². The second-order valence-electron chi connectivity index (χ2n) is 6.03. The summed E-state index contributed by atoms with van der Waals surface area (Å²) in [7, 11) is 1.59. The van der Waals surface area contributed by atoms with Gasteiger partial charge in [-0.15, -0.1) is 0 Å². The van der Waals surface area contributed by atoms with Crippen LogP contribution in [0.25, 0.3) is 0 Å². The van der Waals surface area contributed by atoms with Gasteiger partial charge in [-0.25, -0.2) is 9.80 Å². The van der Waals surface area contributed by atoms with Crippen LogP contribution in [0.1, 0.15) is 23.6 Å². The van der Waals surface area contributed by atoms with Crippen molar-refractivity contribution in [2.45, 2.75) is 19.4 Å². The fourth-order valence-electron chi connectivity index (χ4n) is 2.93. The summed E-state index contributed by atoms with van der Waals surface area (Å²) >= 11 is 13.2. The largest absolute Gasteiger partial charge is 0.397 e. The van der Waals surface area contributed by atoms with Crippen LogP contribution in [0.3, 0.4) is 0 Å². The van der Waals surface area contributed by atoms with Gasteiger partial charge in [0.25, 0.3) is 0 Å². The van der Waals surface area contributed by atoms with Crippen molar-refractivity contribution in [3.63, 3.8) is 0 Å². The summed E-state index contributed by atoms with van der Waals surface area (Å²) in [6, 6.07) is 8.97. The summed E-state index contributed by atoms with van der Waals surface area (Å²) in [5.74, 6) is 0. The highest BCUT2D eigenvalue weighted by atomic mass is 79.9. The molecule has 0 spiro atoms. The molecule has 8 heteroatoms. The number of anilines is 1.